The lowest BCUT2D eigenvalue weighted by Gasteiger charge is -2.09. The van der Waals surface area contributed by atoms with E-state index in [-0.39, 0.29) is 11.7 Å². The molecule has 1 amide bonds. The Balaban J connectivity index is 1.80. The molecule has 4 nitrogen and oxygen atoms in total. The van der Waals surface area contributed by atoms with Crippen molar-refractivity contribution < 1.29 is 9.59 Å². The number of rotatable bonds is 6. The van der Waals surface area contributed by atoms with Crippen molar-refractivity contribution in [3.63, 3.8) is 0 Å². The van der Waals surface area contributed by atoms with Crippen LogP contribution in [0.4, 0.5) is 11.4 Å². The molecule has 0 heterocycles. The Kier molecular flexibility index (Phi) is 5.77. The number of aryl methyl sites for hydroxylation is 1. The maximum Gasteiger partial charge on any atom is 0.226 e. The molecule has 0 unspecified atom stereocenters. The minimum Gasteiger partial charge on any atom is -0.384 e. The second-order valence-corrected chi connectivity index (χ2v) is 5.73. The zero-order valence-corrected chi connectivity index (χ0v) is 13.9. The highest BCUT2D eigenvalue weighted by atomic mass is 35.5. The summed E-state index contributed by atoms with van der Waals surface area (Å²) < 4.78 is 0. The maximum absolute atomic E-state index is 11.9. The van der Waals surface area contributed by atoms with Crippen LogP contribution in [0.15, 0.2) is 42.5 Å². The predicted octanol–water partition coefficient (Wildman–Crippen LogP) is 4.29. The lowest BCUT2D eigenvalue weighted by molar-refractivity contribution is -0.115. The van der Waals surface area contributed by atoms with Gasteiger partial charge in [-0.25, -0.2) is 0 Å². The summed E-state index contributed by atoms with van der Waals surface area (Å²) in [5.74, 6) is -0.0879. The highest BCUT2D eigenvalue weighted by Crippen LogP contribution is 2.19. The summed E-state index contributed by atoms with van der Waals surface area (Å²) in [6.45, 7) is 3.96. The van der Waals surface area contributed by atoms with Crippen molar-refractivity contribution in [3.05, 3.63) is 58.6 Å². The van der Waals surface area contributed by atoms with Gasteiger partial charge in [-0.15, -0.1) is 0 Å². The van der Waals surface area contributed by atoms with Crippen LogP contribution in [0.3, 0.4) is 0 Å². The van der Waals surface area contributed by atoms with E-state index in [1.165, 1.54) is 6.92 Å². The van der Waals surface area contributed by atoms with Gasteiger partial charge in [0.1, 0.15) is 0 Å². The lowest BCUT2D eigenvalue weighted by atomic mass is 10.1. The third-order valence-electron chi connectivity index (χ3n) is 3.43. The molecule has 0 bridgehead atoms. The molecule has 0 spiro atoms. The summed E-state index contributed by atoms with van der Waals surface area (Å²) in [6, 6.07) is 12.6. The molecule has 120 valence electrons. The van der Waals surface area contributed by atoms with Crippen molar-refractivity contribution in [3.8, 4) is 0 Å². The molecule has 2 rings (SSSR count). The molecule has 0 atom stereocenters. The first-order valence-corrected chi connectivity index (χ1v) is 7.74. The number of carbonyl (C=O) groups is 2. The Labute approximate surface area is 140 Å². The van der Waals surface area contributed by atoms with Crippen LogP contribution in [0.2, 0.25) is 5.02 Å². The second-order valence-electron chi connectivity index (χ2n) is 5.32. The summed E-state index contributed by atoms with van der Waals surface area (Å²) in [5, 5.41) is 6.66. The Bertz CT molecular complexity index is 711. The summed E-state index contributed by atoms with van der Waals surface area (Å²) in [4.78, 5) is 23.1. The third kappa shape index (κ3) is 5.11. The number of Topliss-reactive ketones (excluding diaryl/α,β-unsaturated/α-hetero) is 1. The Morgan fingerprint density at radius 3 is 2.30 bits per heavy atom. The third-order valence-corrected chi connectivity index (χ3v) is 3.84. The highest BCUT2D eigenvalue weighted by Gasteiger charge is 2.04. The first-order chi connectivity index (χ1) is 11.0. The van der Waals surface area contributed by atoms with Gasteiger partial charge in [0.2, 0.25) is 5.91 Å². The summed E-state index contributed by atoms with van der Waals surface area (Å²) >= 11 is 6.05. The van der Waals surface area contributed by atoms with E-state index in [2.05, 4.69) is 10.6 Å². The number of hydrogen-bond acceptors (Lipinski definition) is 3. The van der Waals surface area contributed by atoms with Crippen molar-refractivity contribution in [1.29, 1.82) is 0 Å². The molecule has 2 N–H and O–H groups in total. The van der Waals surface area contributed by atoms with Gasteiger partial charge < -0.3 is 10.6 Å². The van der Waals surface area contributed by atoms with E-state index in [1.54, 1.807) is 24.3 Å². The van der Waals surface area contributed by atoms with Crippen LogP contribution in [-0.2, 0) is 4.79 Å². The molecule has 23 heavy (non-hydrogen) atoms. The maximum atomic E-state index is 11.9. The monoisotopic (exact) mass is 330 g/mol. The smallest absolute Gasteiger partial charge is 0.226 e. The molecule has 5 heteroatoms. The van der Waals surface area contributed by atoms with E-state index in [0.717, 1.165) is 11.3 Å². The van der Waals surface area contributed by atoms with Gasteiger partial charge in [-0.05, 0) is 55.8 Å². The number of carbonyl (C=O) groups excluding carboxylic acids is 2. The van der Waals surface area contributed by atoms with Gasteiger partial charge in [0.05, 0.1) is 0 Å². The first kappa shape index (κ1) is 17.0. The standard InChI is InChI=1S/C18H19ClN2O2/c1-12-3-6-16(11-17(12)19)20-10-9-18(23)21-15-7-4-14(5-8-15)13(2)22/h3-8,11,20H,9-10H2,1-2H3,(H,21,23). The fraction of sp³-hybridized carbons (Fsp3) is 0.222. The van der Waals surface area contributed by atoms with Gasteiger partial charge in [-0.1, -0.05) is 17.7 Å². The number of anilines is 2. The fourth-order valence-corrected chi connectivity index (χ4v) is 2.22. The quantitative estimate of drug-likeness (QED) is 0.777. The SMILES string of the molecule is CC(=O)c1ccc(NC(=O)CCNc2ccc(C)c(Cl)c2)cc1. The molecular weight excluding hydrogens is 312 g/mol. The average Bonchev–Trinajstić information content (AvgIpc) is 2.51. The molecule has 0 fully saturated rings. The van der Waals surface area contributed by atoms with Gasteiger partial charge in [0.25, 0.3) is 0 Å². The van der Waals surface area contributed by atoms with Crippen LogP contribution in [-0.4, -0.2) is 18.2 Å². The number of nitrogens with one attached hydrogen (secondary N) is 2. The van der Waals surface area contributed by atoms with Crippen molar-refractivity contribution in [2.75, 3.05) is 17.2 Å². The fourth-order valence-electron chi connectivity index (χ4n) is 2.03. The molecule has 0 radical (unpaired) electrons. The van der Waals surface area contributed by atoms with Crippen LogP contribution in [0.25, 0.3) is 0 Å². The highest BCUT2D eigenvalue weighted by molar-refractivity contribution is 6.31. The van der Waals surface area contributed by atoms with Crippen LogP contribution >= 0.6 is 11.6 Å². The summed E-state index contributed by atoms with van der Waals surface area (Å²) in [6.07, 6.45) is 0.333. The number of halogens is 1. The Morgan fingerprint density at radius 1 is 1.04 bits per heavy atom. The zero-order valence-electron chi connectivity index (χ0n) is 13.2. The van der Waals surface area contributed by atoms with Gasteiger partial charge in [-0.2, -0.15) is 0 Å². The first-order valence-electron chi connectivity index (χ1n) is 7.36. The second kappa shape index (κ2) is 7.79. The van der Waals surface area contributed by atoms with Gasteiger partial charge in [0.15, 0.2) is 5.78 Å². The van der Waals surface area contributed by atoms with Crippen LogP contribution in [0.5, 0.6) is 0 Å². The number of ketones is 1. The largest absolute Gasteiger partial charge is 0.384 e. The number of hydrogen-bond donors (Lipinski definition) is 2. The molecular formula is C18H19ClN2O2. The minimum atomic E-state index is -0.0914. The van der Waals surface area contributed by atoms with Crippen LogP contribution in [0, 0.1) is 6.92 Å². The van der Waals surface area contributed by atoms with E-state index in [1.807, 2.05) is 25.1 Å². The topological polar surface area (TPSA) is 58.2 Å². The normalized spacial score (nSPS) is 10.2. The molecule has 2 aromatic rings. The van der Waals surface area contributed by atoms with Crippen molar-refractivity contribution >= 4 is 34.7 Å². The van der Waals surface area contributed by atoms with E-state index in [4.69, 9.17) is 11.6 Å². The molecule has 0 aliphatic rings. The molecule has 0 saturated heterocycles. The summed E-state index contributed by atoms with van der Waals surface area (Å²) in [7, 11) is 0. The molecule has 0 saturated carbocycles. The van der Waals surface area contributed by atoms with E-state index in [9.17, 15) is 9.59 Å². The van der Waals surface area contributed by atoms with Gasteiger partial charge in [0, 0.05) is 34.9 Å². The van der Waals surface area contributed by atoms with E-state index >= 15 is 0 Å². The van der Waals surface area contributed by atoms with Crippen LogP contribution < -0.4 is 10.6 Å². The summed E-state index contributed by atoms with van der Waals surface area (Å²) in [5.41, 5.74) is 3.21. The van der Waals surface area contributed by atoms with Crippen LogP contribution in [0.1, 0.15) is 29.3 Å². The number of benzene rings is 2. The number of amides is 1. The van der Waals surface area contributed by atoms with E-state index in [0.29, 0.717) is 29.2 Å². The zero-order chi connectivity index (χ0) is 16.8. The van der Waals surface area contributed by atoms with Crippen molar-refractivity contribution in [2.45, 2.75) is 20.3 Å². The van der Waals surface area contributed by atoms with Gasteiger partial charge in [-0.3, -0.25) is 9.59 Å². The van der Waals surface area contributed by atoms with Gasteiger partial charge >= 0.3 is 0 Å². The Morgan fingerprint density at radius 2 is 1.70 bits per heavy atom. The molecule has 0 aliphatic carbocycles. The average molecular weight is 331 g/mol. The Hall–Kier alpha value is -2.33. The minimum absolute atomic E-state index is 0.00355. The van der Waals surface area contributed by atoms with Crippen molar-refractivity contribution in [2.24, 2.45) is 0 Å². The van der Waals surface area contributed by atoms with Crippen molar-refractivity contribution in [1.82, 2.24) is 0 Å². The molecule has 0 aromatic heterocycles. The lowest BCUT2D eigenvalue weighted by Crippen LogP contribution is -2.16. The molecule has 0 aliphatic heterocycles. The predicted molar refractivity (Wildman–Crippen MR) is 94.4 cm³/mol. The van der Waals surface area contributed by atoms with E-state index < -0.39 is 0 Å². The molecule has 2 aromatic carbocycles.